The second-order valence-corrected chi connectivity index (χ2v) is 7.16. The van der Waals surface area contributed by atoms with Gasteiger partial charge in [0.15, 0.2) is 0 Å². The van der Waals surface area contributed by atoms with Crippen LogP contribution in [0.3, 0.4) is 0 Å². The van der Waals surface area contributed by atoms with Crippen molar-refractivity contribution in [2.45, 2.75) is 12.8 Å². The molecular weight excluding hydrogens is 404 g/mol. The summed E-state index contributed by atoms with van der Waals surface area (Å²) in [6.07, 6.45) is 0.513. The van der Waals surface area contributed by atoms with E-state index in [0.717, 1.165) is 10.6 Å². The summed E-state index contributed by atoms with van der Waals surface area (Å²) in [4.78, 5) is 27.2. The first-order valence-electron chi connectivity index (χ1n) is 8.15. The third-order valence-electron chi connectivity index (χ3n) is 3.76. The molecule has 0 aliphatic rings. The molecule has 28 heavy (non-hydrogen) atoms. The van der Waals surface area contributed by atoms with Crippen LogP contribution in [0, 0.1) is 10.1 Å². The number of methoxy groups -OCH3 is 1. The molecule has 0 aliphatic heterocycles. The summed E-state index contributed by atoms with van der Waals surface area (Å²) in [5.41, 5.74) is 1.22. The van der Waals surface area contributed by atoms with Crippen molar-refractivity contribution in [2.75, 3.05) is 7.11 Å². The Bertz CT molecular complexity index is 1020. The molecule has 0 bridgehead atoms. The van der Waals surface area contributed by atoms with Gasteiger partial charge in [-0.25, -0.2) is 4.98 Å². The number of nitro groups is 1. The number of nitro benzene ring substituents is 1. The third kappa shape index (κ3) is 5.05. The topological polar surface area (TPSA) is 91.6 Å². The molecule has 7 nitrogen and oxygen atoms in total. The lowest BCUT2D eigenvalue weighted by Gasteiger charge is -2.06. The predicted molar refractivity (Wildman–Crippen MR) is 105 cm³/mol. The Morgan fingerprint density at radius 1 is 1.29 bits per heavy atom. The highest BCUT2D eigenvalue weighted by atomic mass is 35.5. The highest BCUT2D eigenvalue weighted by Gasteiger charge is 2.20. The van der Waals surface area contributed by atoms with E-state index in [1.54, 1.807) is 11.4 Å². The van der Waals surface area contributed by atoms with Crippen molar-refractivity contribution in [3.05, 3.63) is 79.2 Å². The van der Waals surface area contributed by atoms with Crippen molar-refractivity contribution in [2.24, 2.45) is 0 Å². The normalized spacial score (nSPS) is 10.5. The average molecular weight is 419 g/mol. The molecule has 1 aromatic heterocycles. The number of carbonyl (C=O) groups is 1. The zero-order chi connectivity index (χ0) is 20.1. The molecule has 144 valence electrons. The number of nitrogens with zero attached hydrogens (tertiary/aromatic N) is 2. The summed E-state index contributed by atoms with van der Waals surface area (Å²) in [6.45, 7) is 0. The van der Waals surface area contributed by atoms with E-state index in [4.69, 9.17) is 21.1 Å². The fourth-order valence-corrected chi connectivity index (χ4v) is 3.53. The van der Waals surface area contributed by atoms with Gasteiger partial charge in [0.25, 0.3) is 0 Å². The molecule has 0 atom stereocenters. The van der Waals surface area contributed by atoms with Gasteiger partial charge < -0.3 is 9.47 Å². The first kappa shape index (κ1) is 19.8. The number of thiazole rings is 1. The van der Waals surface area contributed by atoms with Gasteiger partial charge in [0.05, 0.1) is 35.2 Å². The molecule has 3 aromatic rings. The van der Waals surface area contributed by atoms with Gasteiger partial charge in [-0.05, 0) is 29.8 Å². The first-order valence-corrected chi connectivity index (χ1v) is 9.41. The molecule has 0 fully saturated rings. The van der Waals surface area contributed by atoms with Crippen LogP contribution in [0.2, 0.25) is 5.02 Å². The van der Waals surface area contributed by atoms with Crippen molar-refractivity contribution in [1.82, 2.24) is 4.98 Å². The lowest BCUT2D eigenvalue weighted by molar-refractivity contribution is -0.385. The van der Waals surface area contributed by atoms with Crippen molar-refractivity contribution in [1.29, 1.82) is 0 Å². The lowest BCUT2D eigenvalue weighted by Crippen LogP contribution is -2.12. The van der Waals surface area contributed by atoms with Gasteiger partial charge in [-0.2, -0.15) is 0 Å². The van der Waals surface area contributed by atoms with Gasteiger partial charge in [-0.15, -0.1) is 11.3 Å². The second kappa shape index (κ2) is 8.81. The van der Waals surface area contributed by atoms with E-state index in [-0.39, 0.29) is 17.9 Å². The number of hydrogen-bond acceptors (Lipinski definition) is 7. The Hall–Kier alpha value is -2.97. The van der Waals surface area contributed by atoms with Crippen LogP contribution in [0.15, 0.2) is 47.8 Å². The average Bonchev–Trinajstić information content (AvgIpc) is 3.08. The Kier molecular flexibility index (Phi) is 6.23. The van der Waals surface area contributed by atoms with Crippen LogP contribution in [0.25, 0.3) is 0 Å². The van der Waals surface area contributed by atoms with E-state index in [0.29, 0.717) is 22.9 Å². The van der Waals surface area contributed by atoms with Crippen LogP contribution >= 0.6 is 22.9 Å². The third-order valence-corrected chi connectivity index (χ3v) is 4.89. The molecule has 0 saturated heterocycles. The van der Waals surface area contributed by atoms with Gasteiger partial charge >= 0.3 is 11.7 Å². The van der Waals surface area contributed by atoms with E-state index in [1.807, 2.05) is 18.2 Å². The van der Waals surface area contributed by atoms with E-state index in [2.05, 4.69) is 4.98 Å². The second-order valence-electron chi connectivity index (χ2n) is 5.78. The molecule has 9 heteroatoms. The Balaban J connectivity index is 1.66. The van der Waals surface area contributed by atoms with Crippen LogP contribution in [-0.4, -0.2) is 23.0 Å². The monoisotopic (exact) mass is 418 g/mol. The van der Waals surface area contributed by atoms with Gasteiger partial charge in [-0.3, -0.25) is 14.9 Å². The molecule has 0 saturated carbocycles. The summed E-state index contributed by atoms with van der Waals surface area (Å²) in [5, 5.41) is 14.4. The summed E-state index contributed by atoms with van der Waals surface area (Å²) in [7, 11) is 1.40. The number of benzene rings is 2. The quantitative estimate of drug-likeness (QED) is 0.243. The zero-order valence-corrected chi connectivity index (χ0v) is 16.3. The Labute approximate surface area is 169 Å². The molecule has 0 amide bonds. The van der Waals surface area contributed by atoms with Crippen LogP contribution in [0.1, 0.15) is 16.3 Å². The Morgan fingerprint density at radius 2 is 2.11 bits per heavy atom. The first-order chi connectivity index (χ1) is 13.4. The minimum Gasteiger partial charge on any atom is -0.496 e. The van der Waals surface area contributed by atoms with Crippen LogP contribution in [-0.2, 0) is 17.6 Å². The fourth-order valence-electron chi connectivity index (χ4n) is 2.49. The maximum atomic E-state index is 12.2. The lowest BCUT2D eigenvalue weighted by atomic mass is 10.2. The molecule has 2 aromatic carbocycles. The maximum absolute atomic E-state index is 12.2. The standard InChI is InChI=1S/C19H15ClN2O5S/c1-26-15-5-6-17(16(10-15)22(24)25)27-19(23)9-14-11-28-18(21-14)8-12-3-2-4-13(20)7-12/h2-7,10-11H,8-9H2,1H3. The zero-order valence-electron chi connectivity index (χ0n) is 14.8. The molecule has 0 spiro atoms. The number of carbonyl (C=O) groups excluding carboxylic acids is 1. The van der Waals surface area contributed by atoms with E-state index in [9.17, 15) is 14.9 Å². The number of esters is 1. The number of ether oxygens (including phenoxy) is 2. The van der Waals surface area contributed by atoms with Gasteiger partial charge in [-0.1, -0.05) is 23.7 Å². The molecule has 0 unspecified atom stereocenters. The number of rotatable bonds is 7. The molecular formula is C19H15ClN2O5S. The summed E-state index contributed by atoms with van der Waals surface area (Å²) >= 11 is 7.41. The van der Waals surface area contributed by atoms with Crippen LogP contribution in [0.5, 0.6) is 11.5 Å². The maximum Gasteiger partial charge on any atom is 0.317 e. The molecule has 1 heterocycles. The summed E-state index contributed by atoms with van der Waals surface area (Å²) in [5.74, 6) is -0.463. The highest BCUT2D eigenvalue weighted by molar-refractivity contribution is 7.09. The summed E-state index contributed by atoms with van der Waals surface area (Å²) < 4.78 is 10.1. The SMILES string of the molecule is COc1ccc(OC(=O)Cc2csc(Cc3cccc(Cl)c3)n2)c([N+](=O)[O-])c1. The number of hydrogen-bond donors (Lipinski definition) is 0. The Morgan fingerprint density at radius 3 is 2.82 bits per heavy atom. The molecule has 0 N–H and O–H groups in total. The number of aromatic nitrogens is 1. The predicted octanol–water partition coefficient (Wildman–Crippen LogP) is 4.45. The van der Waals surface area contributed by atoms with Gasteiger partial charge in [0, 0.05) is 16.8 Å². The molecule has 3 rings (SSSR count). The van der Waals surface area contributed by atoms with Crippen molar-refractivity contribution >= 4 is 34.6 Å². The van der Waals surface area contributed by atoms with Gasteiger partial charge in [0.1, 0.15) is 5.75 Å². The van der Waals surface area contributed by atoms with Crippen LogP contribution < -0.4 is 9.47 Å². The van der Waals surface area contributed by atoms with E-state index in [1.165, 1.54) is 36.6 Å². The van der Waals surface area contributed by atoms with Crippen molar-refractivity contribution in [3.63, 3.8) is 0 Å². The fraction of sp³-hybridized carbons (Fsp3) is 0.158. The van der Waals surface area contributed by atoms with E-state index < -0.39 is 10.9 Å². The largest absolute Gasteiger partial charge is 0.496 e. The smallest absolute Gasteiger partial charge is 0.317 e. The minimum atomic E-state index is -0.632. The highest BCUT2D eigenvalue weighted by Crippen LogP contribution is 2.31. The van der Waals surface area contributed by atoms with E-state index >= 15 is 0 Å². The number of halogens is 1. The van der Waals surface area contributed by atoms with Crippen LogP contribution in [0.4, 0.5) is 5.69 Å². The van der Waals surface area contributed by atoms with Gasteiger partial charge in [0.2, 0.25) is 5.75 Å². The minimum absolute atomic E-state index is 0.0881. The molecule has 0 aliphatic carbocycles. The summed E-state index contributed by atoms with van der Waals surface area (Å²) in [6, 6.07) is 11.5. The van der Waals surface area contributed by atoms with Crippen molar-refractivity contribution < 1.29 is 19.2 Å². The van der Waals surface area contributed by atoms with Crippen molar-refractivity contribution in [3.8, 4) is 11.5 Å². The molecule has 0 radical (unpaired) electrons.